The van der Waals surface area contributed by atoms with Crippen LogP contribution in [0.4, 0.5) is 5.82 Å². The van der Waals surface area contributed by atoms with Crippen LogP contribution in [0.3, 0.4) is 0 Å². The van der Waals surface area contributed by atoms with Gasteiger partial charge < -0.3 is 10.1 Å². The molecule has 1 aromatic rings. The molecule has 0 spiro atoms. The van der Waals surface area contributed by atoms with Crippen molar-refractivity contribution in [2.45, 2.75) is 71.8 Å². The molecule has 0 fully saturated rings. The van der Waals surface area contributed by atoms with E-state index in [1.807, 2.05) is 0 Å². The van der Waals surface area contributed by atoms with Gasteiger partial charge in [0, 0.05) is 25.1 Å². The number of aromatic nitrogens is 2. The van der Waals surface area contributed by atoms with Gasteiger partial charge in [0.1, 0.15) is 11.4 Å². The number of anilines is 1. The van der Waals surface area contributed by atoms with E-state index in [1.165, 1.54) is 0 Å². The summed E-state index contributed by atoms with van der Waals surface area (Å²) in [6.45, 7) is 13.8. The third-order valence-corrected chi connectivity index (χ3v) is 3.99. The Morgan fingerprint density at radius 3 is 2.14 bits per heavy atom. The van der Waals surface area contributed by atoms with Crippen molar-refractivity contribution in [2.24, 2.45) is 0 Å². The largest absolute Gasteiger partial charge is 0.370 e. The highest BCUT2D eigenvalue weighted by atomic mass is 16.5. The van der Waals surface area contributed by atoms with Gasteiger partial charge in [-0.15, -0.1) is 0 Å². The summed E-state index contributed by atoms with van der Waals surface area (Å²) < 4.78 is 5.80. The van der Waals surface area contributed by atoms with E-state index in [4.69, 9.17) is 14.7 Å². The monoisotopic (exact) mass is 293 g/mol. The van der Waals surface area contributed by atoms with Crippen molar-refractivity contribution in [3.05, 3.63) is 17.6 Å². The second-order valence-corrected chi connectivity index (χ2v) is 6.54. The fourth-order valence-electron chi connectivity index (χ4n) is 2.33. The van der Waals surface area contributed by atoms with Gasteiger partial charge in [0.2, 0.25) is 0 Å². The second kappa shape index (κ2) is 7.21. The van der Waals surface area contributed by atoms with Crippen molar-refractivity contribution in [3.8, 4) is 0 Å². The molecule has 0 radical (unpaired) electrons. The standard InChI is InChI=1S/C17H31N3O/c1-8-11-18-14-12-13(16(4,5)6)19-15(20-14)17(9-2,10-3)21-7/h12H,8-11H2,1-7H3,(H,18,19,20). The first-order chi connectivity index (χ1) is 9.82. The zero-order chi connectivity index (χ0) is 16.1. The quantitative estimate of drug-likeness (QED) is 0.816. The molecule has 0 atom stereocenters. The molecule has 0 unspecified atom stereocenters. The Hall–Kier alpha value is -1.16. The van der Waals surface area contributed by atoms with Crippen molar-refractivity contribution in [3.63, 3.8) is 0 Å². The minimum Gasteiger partial charge on any atom is -0.370 e. The summed E-state index contributed by atoms with van der Waals surface area (Å²) in [5.74, 6) is 1.69. The van der Waals surface area contributed by atoms with Crippen LogP contribution in [0.15, 0.2) is 6.07 Å². The van der Waals surface area contributed by atoms with E-state index in [0.717, 1.165) is 43.1 Å². The molecular formula is C17H31N3O. The summed E-state index contributed by atoms with van der Waals surface area (Å²) in [5.41, 5.74) is 0.639. The van der Waals surface area contributed by atoms with Gasteiger partial charge in [0.05, 0.1) is 5.69 Å². The van der Waals surface area contributed by atoms with Gasteiger partial charge in [-0.25, -0.2) is 9.97 Å². The van der Waals surface area contributed by atoms with Crippen LogP contribution in [-0.2, 0) is 15.8 Å². The molecule has 0 aliphatic carbocycles. The lowest BCUT2D eigenvalue weighted by Crippen LogP contribution is -2.31. The van der Waals surface area contributed by atoms with Gasteiger partial charge in [0.15, 0.2) is 5.82 Å². The first-order valence-corrected chi connectivity index (χ1v) is 8.02. The van der Waals surface area contributed by atoms with Gasteiger partial charge >= 0.3 is 0 Å². The van der Waals surface area contributed by atoms with Gasteiger partial charge in [-0.1, -0.05) is 41.5 Å². The van der Waals surface area contributed by atoms with Crippen molar-refractivity contribution < 1.29 is 4.74 Å². The van der Waals surface area contributed by atoms with E-state index in [0.29, 0.717) is 0 Å². The lowest BCUT2D eigenvalue weighted by atomic mass is 9.90. The maximum absolute atomic E-state index is 5.80. The highest BCUT2D eigenvalue weighted by molar-refractivity contribution is 5.38. The number of nitrogens with one attached hydrogen (secondary N) is 1. The van der Waals surface area contributed by atoms with Crippen molar-refractivity contribution in [1.82, 2.24) is 9.97 Å². The van der Waals surface area contributed by atoms with Crippen molar-refractivity contribution in [1.29, 1.82) is 0 Å². The maximum Gasteiger partial charge on any atom is 0.162 e. The van der Waals surface area contributed by atoms with E-state index in [9.17, 15) is 0 Å². The van der Waals surface area contributed by atoms with Crippen LogP contribution in [0.1, 0.15) is 72.3 Å². The number of hydrogen-bond donors (Lipinski definition) is 1. The average molecular weight is 293 g/mol. The lowest BCUT2D eigenvalue weighted by molar-refractivity contribution is -0.0293. The molecule has 0 bridgehead atoms. The molecule has 0 saturated carbocycles. The SMILES string of the molecule is CCCNc1cc(C(C)(C)C)nc(C(CC)(CC)OC)n1. The Morgan fingerprint density at radius 1 is 1.10 bits per heavy atom. The minimum atomic E-state index is -0.399. The first kappa shape index (κ1) is 17.9. The highest BCUT2D eigenvalue weighted by Gasteiger charge is 2.33. The zero-order valence-corrected chi connectivity index (χ0v) is 14.7. The van der Waals surface area contributed by atoms with E-state index in [-0.39, 0.29) is 5.41 Å². The number of ether oxygens (including phenoxy) is 1. The molecule has 1 N–H and O–H groups in total. The predicted octanol–water partition coefficient (Wildman–Crippen LogP) is 4.26. The second-order valence-electron chi connectivity index (χ2n) is 6.54. The van der Waals surface area contributed by atoms with Crippen LogP contribution in [0.5, 0.6) is 0 Å². The number of nitrogens with zero attached hydrogens (tertiary/aromatic N) is 2. The molecule has 1 rings (SSSR count). The van der Waals surface area contributed by atoms with E-state index in [1.54, 1.807) is 7.11 Å². The molecule has 0 aliphatic heterocycles. The summed E-state index contributed by atoms with van der Waals surface area (Å²) in [7, 11) is 1.75. The Balaban J connectivity index is 3.36. The van der Waals surface area contributed by atoms with Gasteiger partial charge in [-0.3, -0.25) is 0 Å². The van der Waals surface area contributed by atoms with Crippen LogP contribution in [-0.4, -0.2) is 23.6 Å². The van der Waals surface area contributed by atoms with Crippen LogP contribution in [0.2, 0.25) is 0 Å². The molecule has 0 aliphatic rings. The molecule has 4 heteroatoms. The molecule has 4 nitrogen and oxygen atoms in total. The Morgan fingerprint density at radius 2 is 1.71 bits per heavy atom. The molecule has 21 heavy (non-hydrogen) atoms. The van der Waals surface area contributed by atoms with Crippen molar-refractivity contribution in [2.75, 3.05) is 19.0 Å². The van der Waals surface area contributed by atoms with E-state index < -0.39 is 5.60 Å². The Kier molecular flexibility index (Phi) is 6.14. The fourth-order valence-corrected chi connectivity index (χ4v) is 2.33. The van der Waals surface area contributed by atoms with Crippen LogP contribution < -0.4 is 5.32 Å². The lowest BCUT2D eigenvalue weighted by Gasteiger charge is -2.30. The smallest absolute Gasteiger partial charge is 0.162 e. The maximum atomic E-state index is 5.80. The molecule has 0 amide bonds. The summed E-state index contributed by atoms with van der Waals surface area (Å²) in [4.78, 5) is 9.54. The topological polar surface area (TPSA) is 47.0 Å². The Labute approximate surface area is 129 Å². The number of rotatable bonds is 7. The van der Waals surface area contributed by atoms with Gasteiger partial charge in [-0.05, 0) is 19.3 Å². The summed E-state index contributed by atoms with van der Waals surface area (Å²) in [6, 6.07) is 2.06. The molecule has 1 heterocycles. The predicted molar refractivity (Wildman–Crippen MR) is 88.8 cm³/mol. The molecular weight excluding hydrogens is 262 g/mol. The molecule has 1 aromatic heterocycles. The molecule has 120 valence electrons. The highest BCUT2D eigenvalue weighted by Crippen LogP contribution is 2.32. The number of methoxy groups -OCH3 is 1. The normalized spacial score (nSPS) is 12.5. The van der Waals surface area contributed by atoms with E-state index in [2.05, 4.69) is 52.9 Å². The Bertz CT molecular complexity index is 440. The van der Waals surface area contributed by atoms with Gasteiger partial charge in [0.25, 0.3) is 0 Å². The summed E-state index contributed by atoms with van der Waals surface area (Å²) in [6.07, 6.45) is 2.79. The average Bonchev–Trinajstić information content (AvgIpc) is 2.46. The van der Waals surface area contributed by atoms with E-state index >= 15 is 0 Å². The van der Waals surface area contributed by atoms with Gasteiger partial charge in [-0.2, -0.15) is 0 Å². The van der Waals surface area contributed by atoms with Crippen molar-refractivity contribution >= 4 is 5.82 Å². The molecule has 0 aromatic carbocycles. The minimum absolute atomic E-state index is 0.0126. The van der Waals surface area contributed by atoms with Crippen LogP contribution in [0.25, 0.3) is 0 Å². The molecule has 0 saturated heterocycles. The van der Waals surface area contributed by atoms with Crippen LogP contribution in [0, 0.1) is 0 Å². The third-order valence-electron chi connectivity index (χ3n) is 3.99. The summed E-state index contributed by atoms with van der Waals surface area (Å²) >= 11 is 0. The first-order valence-electron chi connectivity index (χ1n) is 8.02. The zero-order valence-electron chi connectivity index (χ0n) is 14.7. The third kappa shape index (κ3) is 4.16. The fraction of sp³-hybridized carbons (Fsp3) is 0.765. The summed E-state index contributed by atoms with van der Waals surface area (Å²) in [5, 5.41) is 3.38. The van der Waals surface area contributed by atoms with Crippen LogP contribution >= 0.6 is 0 Å². The number of hydrogen-bond acceptors (Lipinski definition) is 4.